The van der Waals surface area contributed by atoms with E-state index in [-0.39, 0.29) is 11.5 Å². The Morgan fingerprint density at radius 2 is 1.71 bits per heavy atom. The highest BCUT2D eigenvalue weighted by atomic mass is 16.4. The van der Waals surface area contributed by atoms with E-state index in [4.69, 9.17) is 5.11 Å². The summed E-state index contributed by atoms with van der Waals surface area (Å²) in [6.07, 6.45) is 1.44. The zero-order valence-corrected chi connectivity index (χ0v) is 11.6. The Morgan fingerprint density at radius 3 is 2.24 bits per heavy atom. The van der Waals surface area contributed by atoms with Gasteiger partial charge in [0.05, 0.1) is 0 Å². The zero-order valence-electron chi connectivity index (χ0n) is 11.6. The van der Waals surface area contributed by atoms with Crippen LogP contribution in [0.15, 0.2) is 41.3 Å². The third kappa shape index (κ3) is 3.00. The second-order valence-corrected chi connectivity index (χ2v) is 4.71. The maximum Gasteiger partial charge on any atom is 0.341 e. The van der Waals surface area contributed by atoms with Crippen molar-refractivity contribution in [2.24, 2.45) is 0 Å². The van der Waals surface area contributed by atoms with Crippen molar-refractivity contribution in [3.63, 3.8) is 0 Å². The number of benzene rings is 1. The third-order valence-corrected chi connectivity index (χ3v) is 3.01. The van der Waals surface area contributed by atoms with E-state index in [0.717, 1.165) is 0 Å². The van der Waals surface area contributed by atoms with Gasteiger partial charge in [-0.2, -0.15) is 0 Å². The second kappa shape index (κ2) is 5.62. The van der Waals surface area contributed by atoms with Crippen LogP contribution in [0.1, 0.15) is 20.7 Å². The van der Waals surface area contributed by atoms with Crippen molar-refractivity contribution in [2.75, 3.05) is 14.1 Å². The molecule has 1 amide bonds. The predicted molar refractivity (Wildman–Crippen MR) is 77.5 cm³/mol. The minimum Gasteiger partial charge on any atom is -0.477 e. The highest BCUT2D eigenvalue weighted by Gasteiger charge is 2.11. The SMILES string of the molecule is CN(C)C(=O)c1ccc(-c2c[nH]c(=O)c(C(=O)O)c2)cc1. The number of carboxylic acids is 1. The second-order valence-electron chi connectivity index (χ2n) is 4.71. The maximum absolute atomic E-state index is 11.8. The smallest absolute Gasteiger partial charge is 0.341 e. The van der Waals surface area contributed by atoms with Crippen LogP contribution < -0.4 is 5.56 Å². The van der Waals surface area contributed by atoms with E-state index in [0.29, 0.717) is 16.7 Å². The van der Waals surface area contributed by atoms with Gasteiger partial charge in [0.15, 0.2) is 0 Å². The van der Waals surface area contributed by atoms with Crippen LogP contribution in [0.25, 0.3) is 11.1 Å². The molecule has 1 heterocycles. The molecule has 0 bridgehead atoms. The van der Waals surface area contributed by atoms with Gasteiger partial charge in [-0.05, 0) is 29.3 Å². The van der Waals surface area contributed by atoms with Crippen molar-refractivity contribution in [1.29, 1.82) is 0 Å². The minimum atomic E-state index is -1.28. The topological polar surface area (TPSA) is 90.5 Å². The Morgan fingerprint density at radius 1 is 1.10 bits per heavy atom. The Hall–Kier alpha value is -2.89. The summed E-state index contributed by atoms with van der Waals surface area (Å²) >= 11 is 0. The van der Waals surface area contributed by atoms with E-state index in [2.05, 4.69) is 4.98 Å². The fraction of sp³-hybridized carbons (Fsp3) is 0.133. The van der Waals surface area contributed by atoms with Gasteiger partial charge in [-0.15, -0.1) is 0 Å². The lowest BCUT2D eigenvalue weighted by Crippen LogP contribution is -2.21. The molecule has 0 aliphatic carbocycles. The van der Waals surface area contributed by atoms with Crippen molar-refractivity contribution >= 4 is 11.9 Å². The molecule has 108 valence electrons. The Balaban J connectivity index is 2.40. The summed E-state index contributed by atoms with van der Waals surface area (Å²) < 4.78 is 0. The molecule has 21 heavy (non-hydrogen) atoms. The van der Waals surface area contributed by atoms with Crippen LogP contribution in [0, 0.1) is 0 Å². The summed E-state index contributed by atoms with van der Waals surface area (Å²) in [4.78, 5) is 38.0. The van der Waals surface area contributed by atoms with E-state index in [1.54, 1.807) is 38.4 Å². The van der Waals surface area contributed by atoms with E-state index < -0.39 is 11.5 Å². The van der Waals surface area contributed by atoms with Crippen LogP contribution in [0.3, 0.4) is 0 Å². The standard InChI is InChI=1S/C15H14N2O4/c1-17(2)14(19)10-5-3-9(4-6-10)11-7-12(15(20)21)13(18)16-8-11/h3-8H,1-2H3,(H,16,18)(H,20,21). The van der Waals surface area contributed by atoms with Crippen molar-refractivity contribution in [2.45, 2.75) is 0 Å². The largest absolute Gasteiger partial charge is 0.477 e. The summed E-state index contributed by atoms with van der Waals surface area (Å²) in [6.45, 7) is 0. The number of amides is 1. The number of nitrogens with zero attached hydrogens (tertiary/aromatic N) is 1. The number of H-pyrrole nitrogens is 1. The number of nitrogens with one attached hydrogen (secondary N) is 1. The number of hydrogen-bond acceptors (Lipinski definition) is 3. The Kier molecular flexibility index (Phi) is 3.89. The number of pyridine rings is 1. The van der Waals surface area contributed by atoms with E-state index >= 15 is 0 Å². The highest BCUT2D eigenvalue weighted by molar-refractivity contribution is 5.94. The number of aromatic amines is 1. The Bertz CT molecular complexity index is 745. The zero-order chi connectivity index (χ0) is 15.6. The number of aromatic carboxylic acids is 1. The average molecular weight is 286 g/mol. The first-order chi connectivity index (χ1) is 9.90. The summed E-state index contributed by atoms with van der Waals surface area (Å²) in [5.74, 6) is -1.40. The van der Waals surface area contributed by atoms with Gasteiger partial charge >= 0.3 is 5.97 Å². The van der Waals surface area contributed by atoms with E-state index in [1.165, 1.54) is 17.2 Å². The average Bonchev–Trinajstić information content (AvgIpc) is 2.46. The molecule has 6 heteroatoms. The van der Waals surface area contributed by atoms with Gasteiger partial charge in [-0.25, -0.2) is 4.79 Å². The number of aromatic nitrogens is 1. The number of hydrogen-bond donors (Lipinski definition) is 2. The molecule has 2 N–H and O–H groups in total. The van der Waals surface area contributed by atoms with Gasteiger partial charge in [0.1, 0.15) is 5.56 Å². The summed E-state index contributed by atoms with van der Waals surface area (Å²) in [5, 5.41) is 8.94. The van der Waals surface area contributed by atoms with Gasteiger partial charge in [0, 0.05) is 25.9 Å². The lowest BCUT2D eigenvalue weighted by atomic mass is 10.0. The summed E-state index contributed by atoms with van der Waals surface area (Å²) in [6, 6.07) is 8.03. The van der Waals surface area contributed by atoms with Crippen LogP contribution in [0.4, 0.5) is 0 Å². The maximum atomic E-state index is 11.8. The molecule has 2 aromatic rings. The third-order valence-electron chi connectivity index (χ3n) is 3.01. The molecule has 0 aliphatic heterocycles. The lowest BCUT2D eigenvalue weighted by Gasteiger charge is -2.10. The molecule has 0 spiro atoms. The fourth-order valence-electron chi connectivity index (χ4n) is 1.87. The molecule has 1 aromatic heterocycles. The lowest BCUT2D eigenvalue weighted by molar-refractivity contribution is 0.0694. The molecule has 0 fully saturated rings. The van der Waals surface area contributed by atoms with Crippen molar-refractivity contribution in [1.82, 2.24) is 9.88 Å². The van der Waals surface area contributed by atoms with Gasteiger partial charge in [-0.1, -0.05) is 12.1 Å². The van der Waals surface area contributed by atoms with Crippen molar-refractivity contribution in [3.8, 4) is 11.1 Å². The van der Waals surface area contributed by atoms with Crippen LogP contribution in [-0.4, -0.2) is 41.0 Å². The molecule has 0 unspecified atom stereocenters. The quantitative estimate of drug-likeness (QED) is 0.893. The molecule has 0 atom stereocenters. The molecule has 0 radical (unpaired) electrons. The van der Waals surface area contributed by atoms with Gasteiger partial charge < -0.3 is 15.0 Å². The number of rotatable bonds is 3. The van der Waals surface area contributed by atoms with Gasteiger partial charge in [0.2, 0.25) is 0 Å². The first-order valence-electron chi connectivity index (χ1n) is 6.18. The van der Waals surface area contributed by atoms with Crippen LogP contribution in [0.5, 0.6) is 0 Å². The highest BCUT2D eigenvalue weighted by Crippen LogP contribution is 2.19. The van der Waals surface area contributed by atoms with E-state index in [9.17, 15) is 14.4 Å². The van der Waals surface area contributed by atoms with Crippen molar-refractivity contribution < 1.29 is 14.7 Å². The molecule has 0 saturated carbocycles. The molecular formula is C15H14N2O4. The molecule has 0 saturated heterocycles. The number of carboxylic acid groups (broad SMARTS) is 1. The monoisotopic (exact) mass is 286 g/mol. The van der Waals surface area contributed by atoms with Gasteiger partial charge in [-0.3, -0.25) is 9.59 Å². The predicted octanol–water partition coefficient (Wildman–Crippen LogP) is 1.44. The Labute approximate surface area is 120 Å². The minimum absolute atomic E-state index is 0.116. The fourth-order valence-corrected chi connectivity index (χ4v) is 1.87. The van der Waals surface area contributed by atoms with Crippen LogP contribution in [-0.2, 0) is 0 Å². The van der Waals surface area contributed by atoms with Crippen molar-refractivity contribution in [3.05, 3.63) is 58.0 Å². The van der Waals surface area contributed by atoms with Crippen LogP contribution >= 0.6 is 0 Å². The molecule has 6 nitrogen and oxygen atoms in total. The number of carbonyl (C=O) groups excluding carboxylic acids is 1. The summed E-state index contributed by atoms with van der Waals surface area (Å²) in [5.41, 5.74) is 0.846. The summed E-state index contributed by atoms with van der Waals surface area (Å²) in [7, 11) is 3.33. The molecule has 1 aromatic carbocycles. The molecule has 0 aliphatic rings. The number of carbonyl (C=O) groups is 2. The normalized spacial score (nSPS) is 10.2. The first kappa shape index (κ1) is 14.5. The molecule has 2 rings (SSSR count). The van der Waals surface area contributed by atoms with Gasteiger partial charge in [0.25, 0.3) is 11.5 Å². The molecular weight excluding hydrogens is 272 g/mol. The van der Waals surface area contributed by atoms with E-state index in [1.807, 2.05) is 0 Å². The first-order valence-corrected chi connectivity index (χ1v) is 6.18. The van der Waals surface area contributed by atoms with Crippen LogP contribution in [0.2, 0.25) is 0 Å².